The topological polar surface area (TPSA) is 55.1 Å². The maximum absolute atomic E-state index is 13.8. The summed E-state index contributed by atoms with van der Waals surface area (Å²) in [6, 6.07) is 7.98. The molecule has 1 aromatic heterocycles. The van der Waals surface area contributed by atoms with Gasteiger partial charge in [-0.2, -0.15) is 0 Å². The molecule has 0 spiro atoms. The van der Waals surface area contributed by atoms with Crippen LogP contribution in [0.3, 0.4) is 0 Å². The van der Waals surface area contributed by atoms with Gasteiger partial charge in [-0.1, -0.05) is 6.07 Å². The number of benzene rings is 2. The zero-order valence-electron chi connectivity index (χ0n) is 11.0. The van der Waals surface area contributed by atoms with Gasteiger partial charge >= 0.3 is 5.97 Å². The number of nitrogens with zero attached hydrogens (tertiary/aromatic N) is 2. The number of halogens is 2. The van der Waals surface area contributed by atoms with Crippen molar-refractivity contribution in [1.29, 1.82) is 0 Å². The molecule has 0 atom stereocenters. The first kappa shape index (κ1) is 13.8. The number of hydrogen-bond acceptors (Lipinski definition) is 2. The molecule has 0 unspecified atom stereocenters. The minimum Gasteiger partial charge on any atom is -0.478 e. The molecule has 0 saturated heterocycles. The quantitative estimate of drug-likeness (QED) is 0.763. The SMILES string of the molecule is Cc1cc(Br)c(F)cc1-n1cnc2c(C(=O)O)cccc21. The van der Waals surface area contributed by atoms with Gasteiger partial charge in [0.15, 0.2) is 0 Å². The highest BCUT2D eigenvalue weighted by Gasteiger charge is 2.15. The third-order valence-electron chi connectivity index (χ3n) is 3.31. The maximum Gasteiger partial charge on any atom is 0.337 e. The Morgan fingerprint density at radius 3 is 2.86 bits per heavy atom. The first-order valence-electron chi connectivity index (χ1n) is 6.14. The second-order valence-electron chi connectivity index (χ2n) is 4.65. The van der Waals surface area contributed by atoms with Crippen molar-refractivity contribution in [3.8, 4) is 5.69 Å². The molecule has 1 heterocycles. The standard InChI is InChI=1S/C15H10BrFN2O2/c1-8-5-10(16)11(17)6-13(8)19-7-18-14-9(15(20)21)3-2-4-12(14)19/h2-7H,1H3,(H,20,21). The Morgan fingerprint density at radius 2 is 2.14 bits per heavy atom. The second kappa shape index (κ2) is 4.96. The van der Waals surface area contributed by atoms with Crippen molar-refractivity contribution < 1.29 is 14.3 Å². The van der Waals surface area contributed by atoms with Crippen molar-refractivity contribution >= 4 is 32.9 Å². The molecular weight excluding hydrogens is 339 g/mol. The largest absolute Gasteiger partial charge is 0.478 e. The number of carboxylic acids is 1. The number of aryl methyl sites for hydroxylation is 1. The Bertz CT molecular complexity index is 873. The number of para-hydroxylation sites is 1. The van der Waals surface area contributed by atoms with E-state index in [0.29, 0.717) is 21.2 Å². The van der Waals surface area contributed by atoms with Gasteiger partial charge in [0.05, 0.1) is 21.2 Å². The average Bonchev–Trinajstić information content (AvgIpc) is 2.86. The van der Waals surface area contributed by atoms with Crippen LogP contribution in [-0.2, 0) is 0 Å². The Hall–Kier alpha value is -2.21. The van der Waals surface area contributed by atoms with E-state index < -0.39 is 5.97 Å². The summed E-state index contributed by atoms with van der Waals surface area (Å²) in [5.74, 6) is -1.42. The summed E-state index contributed by atoms with van der Waals surface area (Å²) in [4.78, 5) is 15.4. The summed E-state index contributed by atoms with van der Waals surface area (Å²) in [5.41, 5.74) is 2.61. The normalized spacial score (nSPS) is 11.0. The second-order valence-corrected chi connectivity index (χ2v) is 5.50. The number of fused-ring (bicyclic) bond motifs is 1. The lowest BCUT2D eigenvalue weighted by atomic mass is 10.1. The number of hydrogen-bond donors (Lipinski definition) is 1. The van der Waals surface area contributed by atoms with Crippen LogP contribution < -0.4 is 0 Å². The van der Waals surface area contributed by atoms with Gasteiger partial charge in [0.2, 0.25) is 0 Å². The number of rotatable bonds is 2. The molecular formula is C15H10BrFN2O2. The predicted octanol–water partition coefficient (Wildman–Crippen LogP) is 3.93. The highest BCUT2D eigenvalue weighted by atomic mass is 79.9. The monoisotopic (exact) mass is 348 g/mol. The van der Waals surface area contributed by atoms with E-state index in [9.17, 15) is 14.3 Å². The summed E-state index contributed by atoms with van der Waals surface area (Å²) in [7, 11) is 0. The number of carboxylic acid groups (broad SMARTS) is 1. The Morgan fingerprint density at radius 1 is 1.38 bits per heavy atom. The van der Waals surface area contributed by atoms with Crippen LogP contribution in [0.2, 0.25) is 0 Å². The maximum atomic E-state index is 13.8. The van der Waals surface area contributed by atoms with Gasteiger partial charge < -0.3 is 5.11 Å². The fraction of sp³-hybridized carbons (Fsp3) is 0.0667. The van der Waals surface area contributed by atoms with Crippen LogP contribution in [0.1, 0.15) is 15.9 Å². The van der Waals surface area contributed by atoms with Gasteiger partial charge in [-0.3, -0.25) is 4.57 Å². The summed E-state index contributed by atoms with van der Waals surface area (Å²) in [6.45, 7) is 1.85. The van der Waals surface area contributed by atoms with Crippen LogP contribution in [0.25, 0.3) is 16.7 Å². The molecule has 0 saturated carbocycles. The molecule has 0 fully saturated rings. The number of aromatic carboxylic acids is 1. The molecule has 0 aliphatic heterocycles. The van der Waals surface area contributed by atoms with Gasteiger partial charge in [0.25, 0.3) is 0 Å². The van der Waals surface area contributed by atoms with E-state index in [4.69, 9.17) is 0 Å². The smallest absolute Gasteiger partial charge is 0.337 e. The highest BCUT2D eigenvalue weighted by Crippen LogP contribution is 2.27. The molecule has 0 radical (unpaired) electrons. The molecule has 3 rings (SSSR count). The minimum atomic E-state index is -1.04. The third kappa shape index (κ3) is 2.21. The van der Waals surface area contributed by atoms with Crippen molar-refractivity contribution in [2.45, 2.75) is 6.92 Å². The molecule has 1 N–H and O–H groups in total. The van der Waals surface area contributed by atoms with Crippen molar-refractivity contribution in [2.75, 3.05) is 0 Å². The van der Waals surface area contributed by atoms with E-state index in [1.54, 1.807) is 22.8 Å². The summed E-state index contributed by atoms with van der Waals surface area (Å²) >= 11 is 3.15. The van der Waals surface area contributed by atoms with Crippen LogP contribution in [0.5, 0.6) is 0 Å². The van der Waals surface area contributed by atoms with Gasteiger partial charge in [-0.05, 0) is 52.7 Å². The summed E-state index contributed by atoms with van der Waals surface area (Å²) in [6.07, 6.45) is 1.51. The molecule has 0 bridgehead atoms. The molecule has 6 heteroatoms. The van der Waals surface area contributed by atoms with E-state index in [1.807, 2.05) is 6.92 Å². The lowest BCUT2D eigenvalue weighted by Crippen LogP contribution is -1.99. The molecule has 21 heavy (non-hydrogen) atoms. The van der Waals surface area contributed by atoms with E-state index in [0.717, 1.165) is 5.56 Å². The zero-order valence-corrected chi connectivity index (χ0v) is 12.6. The predicted molar refractivity (Wildman–Crippen MR) is 80.4 cm³/mol. The Labute approximate surface area is 128 Å². The van der Waals surface area contributed by atoms with Crippen LogP contribution in [-0.4, -0.2) is 20.6 Å². The van der Waals surface area contributed by atoms with Crippen molar-refractivity contribution in [1.82, 2.24) is 9.55 Å². The Kier molecular flexibility index (Phi) is 3.25. The van der Waals surface area contributed by atoms with Crippen LogP contribution in [0.15, 0.2) is 41.1 Å². The van der Waals surface area contributed by atoms with E-state index in [-0.39, 0.29) is 11.4 Å². The third-order valence-corrected chi connectivity index (χ3v) is 3.91. The van der Waals surface area contributed by atoms with Crippen LogP contribution in [0.4, 0.5) is 4.39 Å². The Balaban J connectivity index is 2.30. The fourth-order valence-corrected chi connectivity index (χ4v) is 2.76. The summed E-state index contributed by atoms with van der Waals surface area (Å²) < 4.78 is 15.9. The fourth-order valence-electron chi connectivity index (χ4n) is 2.30. The van der Waals surface area contributed by atoms with Gasteiger partial charge in [0.1, 0.15) is 17.7 Å². The first-order valence-corrected chi connectivity index (χ1v) is 6.93. The molecule has 3 aromatic rings. The van der Waals surface area contributed by atoms with Gasteiger partial charge in [0, 0.05) is 0 Å². The van der Waals surface area contributed by atoms with Gasteiger partial charge in [-0.25, -0.2) is 14.2 Å². The lowest BCUT2D eigenvalue weighted by Gasteiger charge is -2.09. The lowest BCUT2D eigenvalue weighted by molar-refractivity contribution is 0.0699. The van der Waals surface area contributed by atoms with Gasteiger partial charge in [-0.15, -0.1) is 0 Å². The average molecular weight is 349 g/mol. The van der Waals surface area contributed by atoms with Crippen LogP contribution >= 0.6 is 15.9 Å². The first-order chi connectivity index (χ1) is 9.99. The van der Waals surface area contributed by atoms with Crippen molar-refractivity contribution in [2.24, 2.45) is 0 Å². The molecule has 4 nitrogen and oxygen atoms in total. The molecule has 0 amide bonds. The van der Waals surface area contributed by atoms with E-state index in [2.05, 4.69) is 20.9 Å². The highest BCUT2D eigenvalue weighted by molar-refractivity contribution is 9.10. The minimum absolute atomic E-state index is 0.126. The van der Waals surface area contributed by atoms with E-state index >= 15 is 0 Å². The molecule has 106 valence electrons. The molecule has 0 aliphatic carbocycles. The molecule has 2 aromatic carbocycles. The van der Waals surface area contributed by atoms with E-state index in [1.165, 1.54) is 18.5 Å². The van der Waals surface area contributed by atoms with Crippen LogP contribution in [0, 0.1) is 12.7 Å². The zero-order chi connectivity index (χ0) is 15.1. The summed E-state index contributed by atoms with van der Waals surface area (Å²) in [5, 5.41) is 9.18. The molecule has 0 aliphatic rings. The number of aromatic nitrogens is 2. The number of imidazole rings is 1. The number of carbonyl (C=O) groups is 1. The van der Waals surface area contributed by atoms with Crippen molar-refractivity contribution in [3.05, 3.63) is 58.1 Å². The van der Waals surface area contributed by atoms with Crippen molar-refractivity contribution in [3.63, 3.8) is 0 Å².